The van der Waals surface area contributed by atoms with Crippen molar-refractivity contribution in [2.75, 3.05) is 13.2 Å². The summed E-state index contributed by atoms with van der Waals surface area (Å²) in [4.78, 5) is 0. The minimum absolute atomic E-state index is 0.112. The SMILES string of the molecule is CCC(F)COc1ccc(OCC2CCCC2)c(F)c1F. The van der Waals surface area contributed by atoms with E-state index in [0.29, 0.717) is 12.5 Å². The molecule has 1 unspecified atom stereocenters. The van der Waals surface area contributed by atoms with Gasteiger partial charge in [-0.15, -0.1) is 0 Å². The van der Waals surface area contributed by atoms with E-state index in [1.165, 1.54) is 25.0 Å². The smallest absolute Gasteiger partial charge is 0.204 e. The van der Waals surface area contributed by atoms with Gasteiger partial charge in [-0.2, -0.15) is 8.78 Å². The number of rotatable bonds is 7. The Morgan fingerprint density at radius 3 is 2.24 bits per heavy atom. The first-order valence-corrected chi connectivity index (χ1v) is 7.49. The molecule has 0 spiro atoms. The van der Waals surface area contributed by atoms with Gasteiger partial charge in [0.15, 0.2) is 11.5 Å². The average Bonchev–Trinajstić information content (AvgIpc) is 3.00. The maximum Gasteiger partial charge on any atom is 0.204 e. The lowest BCUT2D eigenvalue weighted by Gasteiger charge is -2.14. The predicted molar refractivity (Wildman–Crippen MR) is 74.5 cm³/mol. The van der Waals surface area contributed by atoms with Crippen molar-refractivity contribution in [1.29, 1.82) is 0 Å². The Labute approximate surface area is 123 Å². The van der Waals surface area contributed by atoms with E-state index in [2.05, 4.69) is 0 Å². The normalized spacial score (nSPS) is 17.0. The van der Waals surface area contributed by atoms with Crippen LogP contribution < -0.4 is 9.47 Å². The predicted octanol–water partition coefficient (Wildman–Crippen LogP) is 4.66. The molecule has 0 aliphatic heterocycles. The van der Waals surface area contributed by atoms with Crippen LogP contribution >= 0.6 is 0 Å². The van der Waals surface area contributed by atoms with E-state index in [1.807, 2.05) is 0 Å². The van der Waals surface area contributed by atoms with Gasteiger partial charge in [-0.1, -0.05) is 19.8 Å². The Hall–Kier alpha value is -1.39. The molecule has 0 aromatic heterocycles. The lowest BCUT2D eigenvalue weighted by molar-refractivity contribution is 0.183. The number of hydrogen-bond acceptors (Lipinski definition) is 2. The second-order valence-electron chi connectivity index (χ2n) is 5.47. The molecule has 1 saturated carbocycles. The van der Waals surface area contributed by atoms with Gasteiger partial charge in [0.25, 0.3) is 0 Å². The Bertz CT molecular complexity index is 459. The van der Waals surface area contributed by atoms with E-state index >= 15 is 0 Å². The van der Waals surface area contributed by atoms with Crippen molar-refractivity contribution in [2.45, 2.75) is 45.2 Å². The van der Waals surface area contributed by atoms with Crippen LogP contribution in [0.15, 0.2) is 12.1 Å². The summed E-state index contributed by atoms with van der Waals surface area (Å²) in [5.41, 5.74) is 0. The molecule has 2 nitrogen and oxygen atoms in total. The summed E-state index contributed by atoms with van der Waals surface area (Å²) in [5.74, 6) is -2.17. The molecule has 1 aromatic rings. The molecule has 0 heterocycles. The summed E-state index contributed by atoms with van der Waals surface area (Å²) in [7, 11) is 0. The zero-order valence-corrected chi connectivity index (χ0v) is 12.2. The molecular weight excluding hydrogens is 281 g/mol. The van der Waals surface area contributed by atoms with Gasteiger partial charge in [0.05, 0.1) is 6.61 Å². The summed E-state index contributed by atoms with van der Waals surface area (Å²) in [6, 6.07) is 2.62. The third kappa shape index (κ3) is 4.29. The Morgan fingerprint density at radius 1 is 1.10 bits per heavy atom. The van der Waals surface area contributed by atoms with Crippen LogP contribution in [0.5, 0.6) is 11.5 Å². The molecule has 5 heteroatoms. The van der Waals surface area contributed by atoms with Crippen molar-refractivity contribution in [2.24, 2.45) is 5.92 Å². The third-order valence-corrected chi connectivity index (χ3v) is 3.82. The highest BCUT2D eigenvalue weighted by molar-refractivity contribution is 5.35. The fraction of sp³-hybridized carbons (Fsp3) is 0.625. The maximum atomic E-state index is 13.9. The first-order chi connectivity index (χ1) is 10.1. The first-order valence-electron chi connectivity index (χ1n) is 7.49. The first kappa shape index (κ1) is 16.0. The molecule has 0 radical (unpaired) electrons. The summed E-state index contributed by atoms with van der Waals surface area (Å²) >= 11 is 0. The minimum atomic E-state index is -1.19. The van der Waals surface area contributed by atoms with E-state index in [0.717, 1.165) is 12.8 Å². The minimum Gasteiger partial charge on any atom is -0.490 e. The highest BCUT2D eigenvalue weighted by Gasteiger charge is 2.19. The van der Waals surface area contributed by atoms with Crippen LogP contribution in [0.1, 0.15) is 39.0 Å². The van der Waals surface area contributed by atoms with Gasteiger partial charge in [-0.05, 0) is 37.3 Å². The Kier molecular flexibility index (Phi) is 5.76. The molecule has 1 aliphatic rings. The fourth-order valence-electron chi connectivity index (χ4n) is 2.42. The van der Waals surface area contributed by atoms with Crippen LogP contribution in [0, 0.1) is 17.6 Å². The molecule has 21 heavy (non-hydrogen) atoms. The molecule has 1 aliphatic carbocycles. The Morgan fingerprint density at radius 2 is 1.67 bits per heavy atom. The number of ether oxygens (including phenoxy) is 2. The van der Waals surface area contributed by atoms with E-state index in [9.17, 15) is 13.2 Å². The van der Waals surface area contributed by atoms with E-state index in [1.54, 1.807) is 6.92 Å². The van der Waals surface area contributed by atoms with Crippen molar-refractivity contribution in [1.82, 2.24) is 0 Å². The highest BCUT2D eigenvalue weighted by atomic mass is 19.2. The molecule has 0 N–H and O–H groups in total. The van der Waals surface area contributed by atoms with Gasteiger partial charge >= 0.3 is 0 Å². The van der Waals surface area contributed by atoms with Crippen LogP contribution in [-0.4, -0.2) is 19.4 Å². The van der Waals surface area contributed by atoms with Crippen LogP contribution in [-0.2, 0) is 0 Å². The zero-order valence-electron chi connectivity index (χ0n) is 12.2. The molecule has 1 fully saturated rings. The van der Waals surface area contributed by atoms with Gasteiger partial charge in [0, 0.05) is 0 Å². The summed E-state index contributed by atoms with van der Waals surface area (Å²) in [6.45, 7) is 1.78. The van der Waals surface area contributed by atoms with Gasteiger partial charge in [0.1, 0.15) is 12.8 Å². The van der Waals surface area contributed by atoms with Crippen LogP contribution in [0.4, 0.5) is 13.2 Å². The Balaban J connectivity index is 1.95. The van der Waals surface area contributed by atoms with Crippen molar-refractivity contribution in [3.05, 3.63) is 23.8 Å². The molecule has 1 atom stereocenters. The lowest BCUT2D eigenvalue weighted by atomic mass is 10.1. The van der Waals surface area contributed by atoms with Gasteiger partial charge < -0.3 is 9.47 Å². The van der Waals surface area contributed by atoms with Gasteiger partial charge in [-0.3, -0.25) is 0 Å². The largest absolute Gasteiger partial charge is 0.490 e. The summed E-state index contributed by atoms with van der Waals surface area (Å²) < 4.78 is 51.1. The standard InChI is InChI=1S/C16H21F3O2/c1-2-12(17)10-21-14-8-7-13(15(18)16(14)19)20-9-11-5-3-4-6-11/h7-8,11-12H,2-6,9-10H2,1H3. The van der Waals surface area contributed by atoms with Crippen molar-refractivity contribution >= 4 is 0 Å². The van der Waals surface area contributed by atoms with Crippen LogP contribution in [0.25, 0.3) is 0 Å². The van der Waals surface area contributed by atoms with Crippen molar-refractivity contribution in [3.63, 3.8) is 0 Å². The topological polar surface area (TPSA) is 18.5 Å². The van der Waals surface area contributed by atoms with Crippen molar-refractivity contribution in [3.8, 4) is 11.5 Å². The van der Waals surface area contributed by atoms with E-state index in [-0.39, 0.29) is 24.5 Å². The molecule has 2 rings (SSSR count). The number of alkyl halides is 1. The van der Waals surface area contributed by atoms with E-state index < -0.39 is 17.8 Å². The van der Waals surface area contributed by atoms with Crippen LogP contribution in [0.3, 0.4) is 0 Å². The quantitative estimate of drug-likeness (QED) is 0.729. The fourth-order valence-corrected chi connectivity index (χ4v) is 2.42. The average molecular weight is 302 g/mol. The van der Waals surface area contributed by atoms with Gasteiger partial charge in [-0.25, -0.2) is 4.39 Å². The maximum absolute atomic E-state index is 13.9. The molecule has 1 aromatic carbocycles. The second kappa shape index (κ2) is 7.57. The number of halogens is 3. The lowest BCUT2D eigenvalue weighted by Crippen LogP contribution is -2.13. The summed E-state index contributed by atoms with van der Waals surface area (Å²) in [5, 5.41) is 0. The molecule has 118 valence electrons. The molecule has 0 saturated heterocycles. The highest BCUT2D eigenvalue weighted by Crippen LogP contribution is 2.30. The van der Waals surface area contributed by atoms with Crippen molar-refractivity contribution < 1.29 is 22.6 Å². The molecule has 0 bridgehead atoms. The molecular formula is C16H21F3O2. The molecule has 0 amide bonds. The summed E-state index contributed by atoms with van der Waals surface area (Å²) in [6.07, 6.45) is 3.55. The third-order valence-electron chi connectivity index (χ3n) is 3.82. The van der Waals surface area contributed by atoms with E-state index in [4.69, 9.17) is 9.47 Å². The number of benzene rings is 1. The monoisotopic (exact) mass is 302 g/mol. The van der Waals surface area contributed by atoms with Gasteiger partial charge in [0.2, 0.25) is 11.6 Å². The van der Waals surface area contributed by atoms with Crippen LogP contribution in [0.2, 0.25) is 0 Å². The number of hydrogen-bond donors (Lipinski definition) is 0. The second-order valence-corrected chi connectivity index (χ2v) is 5.47. The zero-order chi connectivity index (χ0) is 15.2.